The van der Waals surface area contributed by atoms with Gasteiger partial charge in [0, 0.05) is 13.1 Å². The predicted molar refractivity (Wildman–Crippen MR) is 67.5 cm³/mol. The summed E-state index contributed by atoms with van der Waals surface area (Å²) in [5, 5.41) is 12.0. The number of aliphatic carboxylic acids is 1. The van der Waals surface area contributed by atoms with Crippen LogP contribution in [0.1, 0.15) is 26.2 Å². The second-order valence-electron chi connectivity index (χ2n) is 5.95. The molecule has 8 heteroatoms. The Labute approximate surface area is 120 Å². The molecule has 21 heavy (non-hydrogen) atoms. The number of rotatable bonds is 2. The topological polar surface area (TPSA) is 69.6 Å². The van der Waals surface area contributed by atoms with Crippen molar-refractivity contribution in [3.05, 3.63) is 0 Å². The highest BCUT2D eigenvalue weighted by Gasteiger charge is 2.64. The van der Waals surface area contributed by atoms with Crippen molar-refractivity contribution in [3.8, 4) is 0 Å². The smallest absolute Gasteiger partial charge is 0.406 e. The third kappa shape index (κ3) is 2.73. The van der Waals surface area contributed by atoms with Crippen LogP contribution >= 0.6 is 0 Å². The first-order chi connectivity index (χ1) is 9.69. The molecule has 0 radical (unpaired) electrons. The fraction of sp³-hybridized carbons (Fsp3) is 0.846. The SMILES string of the molecule is CC1CCCNC1C(=O)N1CCC(C(=O)O)(C(F)(F)F)C1. The highest BCUT2D eigenvalue weighted by molar-refractivity contribution is 5.85. The van der Waals surface area contributed by atoms with Crippen LogP contribution in [0, 0.1) is 11.3 Å². The minimum atomic E-state index is -4.86. The fourth-order valence-corrected chi connectivity index (χ4v) is 3.10. The van der Waals surface area contributed by atoms with Gasteiger partial charge in [0.05, 0.1) is 6.04 Å². The maximum atomic E-state index is 13.1. The van der Waals surface area contributed by atoms with Gasteiger partial charge in [-0.05, 0) is 31.7 Å². The molecule has 120 valence electrons. The molecule has 0 saturated carbocycles. The number of nitrogens with zero attached hydrogens (tertiary/aromatic N) is 1. The van der Waals surface area contributed by atoms with Gasteiger partial charge in [0.1, 0.15) is 0 Å². The lowest BCUT2D eigenvalue weighted by Gasteiger charge is -2.33. The van der Waals surface area contributed by atoms with Crippen LogP contribution < -0.4 is 5.32 Å². The first kappa shape index (κ1) is 16.1. The Morgan fingerprint density at radius 1 is 1.38 bits per heavy atom. The maximum Gasteiger partial charge on any atom is 0.406 e. The molecule has 1 amide bonds. The Morgan fingerprint density at radius 2 is 2.05 bits per heavy atom. The van der Waals surface area contributed by atoms with Crippen molar-refractivity contribution in [2.24, 2.45) is 11.3 Å². The van der Waals surface area contributed by atoms with Crippen LogP contribution in [0.2, 0.25) is 0 Å². The van der Waals surface area contributed by atoms with Crippen LogP contribution in [0.4, 0.5) is 13.2 Å². The van der Waals surface area contributed by atoms with Gasteiger partial charge < -0.3 is 15.3 Å². The zero-order valence-electron chi connectivity index (χ0n) is 11.7. The third-order valence-electron chi connectivity index (χ3n) is 4.57. The number of hydrogen-bond donors (Lipinski definition) is 2. The van der Waals surface area contributed by atoms with E-state index in [1.807, 2.05) is 6.92 Å². The molecule has 0 aliphatic carbocycles. The molecule has 2 rings (SSSR count). The predicted octanol–water partition coefficient (Wildman–Crippen LogP) is 1.24. The molecular formula is C13H19F3N2O3. The molecule has 2 aliphatic heterocycles. The zero-order chi connectivity index (χ0) is 15.8. The van der Waals surface area contributed by atoms with Crippen molar-refractivity contribution < 1.29 is 27.9 Å². The summed E-state index contributed by atoms with van der Waals surface area (Å²) in [5.74, 6) is -2.29. The van der Waals surface area contributed by atoms with E-state index in [0.717, 1.165) is 17.7 Å². The number of carboxylic acid groups (broad SMARTS) is 1. The van der Waals surface area contributed by atoms with Gasteiger partial charge in [0.2, 0.25) is 5.91 Å². The number of alkyl halides is 3. The Bertz CT molecular complexity index is 441. The number of likely N-dealkylation sites (tertiary alicyclic amines) is 1. The molecule has 0 aromatic heterocycles. The minimum Gasteiger partial charge on any atom is -0.481 e. The number of piperidine rings is 1. The molecule has 3 atom stereocenters. The van der Waals surface area contributed by atoms with E-state index in [0.29, 0.717) is 6.54 Å². The largest absolute Gasteiger partial charge is 0.481 e. The number of halogens is 3. The van der Waals surface area contributed by atoms with E-state index < -0.39 is 42.5 Å². The quantitative estimate of drug-likeness (QED) is 0.805. The van der Waals surface area contributed by atoms with Crippen LogP contribution in [-0.4, -0.2) is 53.7 Å². The summed E-state index contributed by atoms with van der Waals surface area (Å²) >= 11 is 0. The number of hydrogen-bond acceptors (Lipinski definition) is 3. The average molecular weight is 308 g/mol. The molecule has 0 spiro atoms. The summed E-state index contributed by atoms with van der Waals surface area (Å²) in [6, 6.07) is -0.517. The van der Waals surface area contributed by atoms with Crippen LogP contribution in [0.25, 0.3) is 0 Å². The Morgan fingerprint density at radius 3 is 2.52 bits per heavy atom. The monoisotopic (exact) mass is 308 g/mol. The van der Waals surface area contributed by atoms with Gasteiger partial charge in [-0.3, -0.25) is 9.59 Å². The Balaban J connectivity index is 2.14. The van der Waals surface area contributed by atoms with Crippen molar-refractivity contribution in [2.75, 3.05) is 19.6 Å². The number of nitrogens with one attached hydrogen (secondary N) is 1. The Kier molecular flexibility index (Phi) is 4.19. The molecule has 2 heterocycles. The van der Waals surface area contributed by atoms with Crippen LogP contribution in [-0.2, 0) is 9.59 Å². The molecule has 5 nitrogen and oxygen atoms in total. The average Bonchev–Trinajstić information content (AvgIpc) is 2.84. The second kappa shape index (κ2) is 5.47. The highest BCUT2D eigenvalue weighted by atomic mass is 19.4. The van der Waals surface area contributed by atoms with Crippen molar-refractivity contribution >= 4 is 11.9 Å². The lowest BCUT2D eigenvalue weighted by Crippen LogP contribution is -2.53. The third-order valence-corrected chi connectivity index (χ3v) is 4.57. The van der Waals surface area contributed by atoms with Crippen molar-refractivity contribution in [1.82, 2.24) is 10.2 Å². The first-order valence-corrected chi connectivity index (χ1v) is 7.01. The van der Waals surface area contributed by atoms with Gasteiger partial charge in [-0.25, -0.2) is 0 Å². The number of amides is 1. The van der Waals surface area contributed by atoms with E-state index in [9.17, 15) is 22.8 Å². The summed E-state index contributed by atoms with van der Waals surface area (Å²) < 4.78 is 39.3. The summed E-state index contributed by atoms with van der Waals surface area (Å²) in [6.45, 7) is 1.56. The highest BCUT2D eigenvalue weighted by Crippen LogP contribution is 2.46. The summed E-state index contributed by atoms with van der Waals surface area (Å²) in [4.78, 5) is 24.5. The molecule has 2 saturated heterocycles. The number of carboxylic acids is 1. The van der Waals surface area contributed by atoms with Gasteiger partial charge in [-0.1, -0.05) is 6.92 Å². The van der Waals surface area contributed by atoms with Crippen LogP contribution in [0.3, 0.4) is 0 Å². The van der Waals surface area contributed by atoms with E-state index in [4.69, 9.17) is 5.11 Å². The van der Waals surface area contributed by atoms with E-state index in [1.165, 1.54) is 0 Å². The molecule has 2 aliphatic rings. The van der Waals surface area contributed by atoms with E-state index in [1.54, 1.807) is 0 Å². The van der Waals surface area contributed by atoms with E-state index in [-0.39, 0.29) is 12.5 Å². The van der Waals surface area contributed by atoms with Gasteiger partial charge in [0.15, 0.2) is 5.41 Å². The van der Waals surface area contributed by atoms with Crippen molar-refractivity contribution in [3.63, 3.8) is 0 Å². The summed E-state index contributed by atoms with van der Waals surface area (Å²) in [5.41, 5.74) is -2.83. The standard InChI is InChI=1S/C13H19F3N2O3/c1-8-3-2-5-17-9(8)10(19)18-6-4-12(7-18,11(20)21)13(14,15)16/h8-9,17H,2-7H2,1H3,(H,20,21). The normalized spacial score (nSPS) is 34.0. The van der Waals surface area contributed by atoms with Gasteiger partial charge in [0.25, 0.3) is 0 Å². The van der Waals surface area contributed by atoms with E-state index in [2.05, 4.69) is 5.32 Å². The molecule has 2 fully saturated rings. The lowest BCUT2D eigenvalue weighted by atomic mass is 9.86. The maximum absolute atomic E-state index is 13.1. The fourth-order valence-electron chi connectivity index (χ4n) is 3.10. The zero-order valence-corrected chi connectivity index (χ0v) is 11.7. The molecule has 0 bridgehead atoms. The molecule has 0 aromatic carbocycles. The summed E-state index contributed by atoms with van der Waals surface area (Å²) in [7, 11) is 0. The van der Waals surface area contributed by atoms with Gasteiger partial charge in [-0.2, -0.15) is 13.2 Å². The number of carbonyl (C=O) groups is 2. The molecule has 3 unspecified atom stereocenters. The van der Waals surface area contributed by atoms with Gasteiger partial charge >= 0.3 is 12.1 Å². The number of carbonyl (C=O) groups excluding carboxylic acids is 1. The minimum absolute atomic E-state index is 0.0389. The summed E-state index contributed by atoms with van der Waals surface area (Å²) in [6.07, 6.45) is -3.69. The lowest BCUT2D eigenvalue weighted by molar-refractivity contribution is -0.227. The van der Waals surface area contributed by atoms with Gasteiger partial charge in [-0.15, -0.1) is 0 Å². The van der Waals surface area contributed by atoms with Crippen LogP contribution in [0.5, 0.6) is 0 Å². The first-order valence-electron chi connectivity index (χ1n) is 7.01. The molecule has 2 N–H and O–H groups in total. The molecular weight excluding hydrogens is 289 g/mol. The van der Waals surface area contributed by atoms with Crippen LogP contribution in [0.15, 0.2) is 0 Å². The second-order valence-corrected chi connectivity index (χ2v) is 5.95. The van der Waals surface area contributed by atoms with Crippen molar-refractivity contribution in [1.29, 1.82) is 0 Å². The Hall–Kier alpha value is -1.31. The van der Waals surface area contributed by atoms with Crippen molar-refractivity contribution in [2.45, 2.75) is 38.4 Å². The van der Waals surface area contributed by atoms with E-state index >= 15 is 0 Å². The molecule has 0 aromatic rings.